The molecule has 0 amide bonds. The van der Waals surface area contributed by atoms with Crippen molar-refractivity contribution in [1.82, 2.24) is 15.1 Å². The SMILES string of the molecule is Cc1cnn([C@H](C)[C@@H](C)NC[C@H](O)COc2ccc(F)cc2)c1. The van der Waals surface area contributed by atoms with E-state index < -0.39 is 6.10 Å². The number of nitrogens with one attached hydrogen (secondary N) is 1. The van der Waals surface area contributed by atoms with Crippen LogP contribution < -0.4 is 10.1 Å². The average Bonchev–Trinajstić information content (AvgIpc) is 2.97. The van der Waals surface area contributed by atoms with E-state index in [0.29, 0.717) is 12.3 Å². The van der Waals surface area contributed by atoms with Crippen LogP contribution in [0.1, 0.15) is 25.5 Å². The van der Waals surface area contributed by atoms with Gasteiger partial charge in [-0.05, 0) is 50.6 Å². The van der Waals surface area contributed by atoms with E-state index in [2.05, 4.69) is 24.3 Å². The van der Waals surface area contributed by atoms with E-state index in [-0.39, 0.29) is 24.5 Å². The molecule has 23 heavy (non-hydrogen) atoms. The summed E-state index contributed by atoms with van der Waals surface area (Å²) in [5, 5.41) is 17.6. The van der Waals surface area contributed by atoms with Gasteiger partial charge in [0, 0.05) is 18.8 Å². The van der Waals surface area contributed by atoms with Crippen LogP contribution in [0.5, 0.6) is 5.75 Å². The Morgan fingerprint density at radius 1 is 1.30 bits per heavy atom. The molecule has 0 aliphatic heterocycles. The molecule has 0 aliphatic carbocycles. The number of hydrogen-bond donors (Lipinski definition) is 2. The van der Waals surface area contributed by atoms with Crippen molar-refractivity contribution in [1.29, 1.82) is 0 Å². The van der Waals surface area contributed by atoms with Crippen molar-refractivity contribution >= 4 is 0 Å². The second-order valence-electron chi connectivity index (χ2n) is 5.85. The predicted molar refractivity (Wildman–Crippen MR) is 87.0 cm³/mol. The van der Waals surface area contributed by atoms with Crippen molar-refractivity contribution in [3.8, 4) is 5.75 Å². The van der Waals surface area contributed by atoms with Crippen molar-refractivity contribution in [3.63, 3.8) is 0 Å². The number of aryl methyl sites for hydroxylation is 1. The smallest absolute Gasteiger partial charge is 0.123 e. The number of aliphatic hydroxyl groups excluding tert-OH is 1. The van der Waals surface area contributed by atoms with Crippen molar-refractivity contribution in [2.45, 2.75) is 39.0 Å². The van der Waals surface area contributed by atoms with Gasteiger partial charge in [0.2, 0.25) is 0 Å². The van der Waals surface area contributed by atoms with Gasteiger partial charge in [-0.15, -0.1) is 0 Å². The fourth-order valence-electron chi connectivity index (χ4n) is 2.16. The molecule has 3 atom stereocenters. The van der Waals surface area contributed by atoms with Gasteiger partial charge in [-0.2, -0.15) is 5.10 Å². The third-order valence-electron chi connectivity index (χ3n) is 3.80. The Kier molecular flexibility index (Phi) is 6.12. The number of ether oxygens (including phenoxy) is 1. The van der Waals surface area contributed by atoms with Crippen molar-refractivity contribution < 1.29 is 14.2 Å². The van der Waals surface area contributed by atoms with Crippen LogP contribution in [0.3, 0.4) is 0 Å². The van der Waals surface area contributed by atoms with Gasteiger partial charge in [-0.3, -0.25) is 4.68 Å². The summed E-state index contributed by atoms with van der Waals surface area (Å²) in [4.78, 5) is 0. The molecule has 0 saturated heterocycles. The molecule has 0 radical (unpaired) electrons. The summed E-state index contributed by atoms with van der Waals surface area (Å²) in [5.74, 6) is 0.232. The Bertz CT molecular complexity index is 600. The van der Waals surface area contributed by atoms with Gasteiger partial charge in [-0.1, -0.05) is 0 Å². The molecule has 6 heteroatoms. The maximum atomic E-state index is 12.8. The molecule has 0 fully saturated rings. The van der Waals surface area contributed by atoms with Crippen LogP contribution in [0.2, 0.25) is 0 Å². The Labute approximate surface area is 136 Å². The molecule has 2 N–H and O–H groups in total. The average molecular weight is 321 g/mol. The lowest BCUT2D eigenvalue weighted by atomic mass is 10.1. The molecule has 1 heterocycles. The summed E-state index contributed by atoms with van der Waals surface area (Å²) in [6, 6.07) is 6.06. The van der Waals surface area contributed by atoms with Gasteiger partial charge in [0.15, 0.2) is 0 Å². The monoisotopic (exact) mass is 321 g/mol. The standard InChI is InChI=1S/C17H24FN3O2/c1-12-8-20-21(10-12)14(3)13(2)19-9-16(22)11-23-17-6-4-15(18)5-7-17/h4-8,10,13-14,16,19,22H,9,11H2,1-3H3/t13-,14-,16+/m1/s1. The molecule has 0 aliphatic rings. The third kappa shape index (κ3) is 5.33. The number of hydrogen-bond acceptors (Lipinski definition) is 4. The van der Waals surface area contributed by atoms with Crippen LogP contribution in [-0.2, 0) is 0 Å². The molecule has 126 valence electrons. The number of aliphatic hydroxyl groups is 1. The lowest BCUT2D eigenvalue weighted by molar-refractivity contribution is 0.102. The highest BCUT2D eigenvalue weighted by atomic mass is 19.1. The molecular formula is C17H24FN3O2. The highest BCUT2D eigenvalue weighted by Crippen LogP contribution is 2.12. The number of halogens is 1. The second-order valence-corrected chi connectivity index (χ2v) is 5.85. The maximum absolute atomic E-state index is 12.8. The first-order valence-electron chi connectivity index (χ1n) is 7.76. The minimum Gasteiger partial charge on any atom is -0.491 e. The zero-order valence-electron chi connectivity index (χ0n) is 13.7. The quantitative estimate of drug-likeness (QED) is 0.783. The molecule has 0 spiro atoms. The van der Waals surface area contributed by atoms with Crippen LogP contribution in [0.15, 0.2) is 36.7 Å². The fraction of sp³-hybridized carbons (Fsp3) is 0.471. The summed E-state index contributed by atoms with van der Waals surface area (Å²) in [5.41, 5.74) is 1.12. The van der Waals surface area contributed by atoms with Crippen molar-refractivity contribution in [2.75, 3.05) is 13.2 Å². The van der Waals surface area contributed by atoms with Crippen LogP contribution in [0.25, 0.3) is 0 Å². The Hall–Kier alpha value is -1.92. The molecule has 1 aromatic heterocycles. The van der Waals surface area contributed by atoms with Gasteiger partial charge in [0.1, 0.15) is 24.3 Å². The van der Waals surface area contributed by atoms with Crippen LogP contribution >= 0.6 is 0 Å². The zero-order valence-corrected chi connectivity index (χ0v) is 13.7. The van der Waals surface area contributed by atoms with E-state index >= 15 is 0 Å². The Morgan fingerprint density at radius 3 is 2.61 bits per heavy atom. The normalized spacial score (nSPS) is 15.2. The van der Waals surface area contributed by atoms with Gasteiger partial charge in [0.25, 0.3) is 0 Å². The van der Waals surface area contributed by atoms with Crippen LogP contribution in [0, 0.1) is 12.7 Å². The summed E-state index contributed by atoms with van der Waals surface area (Å²) >= 11 is 0. The maximum Gasteiger partial charge on any atom is 0.123 e. The number of rotatable bonds is 8. The zero-order chi connectivity index (χ0) is 16.8. The van der Waals surface area contributed by atoms with Gasteiger partial charge < -0.3 is 15.2 Å². The molecule has 2 aromatic rings. The first-order chi connectivity index (χ1) is 11.0. The third-order valence-corrected chi connectivity index (χ3v) is 3.80. The highest BCUT2D eigenvalue weighted by molar-refractivity contribution is 5.22. The van der Waals surface area contributed by atoms with Gasteiger partial charge in [-0.25, -0.2) is 4.39 Å². The van der Waals surface area contributed by atoms with Gasteiger partial charge >= 0.3 is 0 Å². The topological polar surface area (TPSA) is 59.3 Å². The lowest BCUT2D eigenvalue weighted by Gasteiger charge is -2.23. The van der Waals surface area contributed by atoms with Gasteiger partial charge in [0.05, 0.1) is 12.2 Å². The van der Waals surface area contributed by atoms with E-state index in [0.717, 1.165) is 5.56 Å². The Morgan fingerprint density at radius 2 is 2.00 bits per heavy atom. The summed E-state index contributed by atoms with van der Waals surface area (Å²) in [7, 11) is 0. The van der Waals surface area contributed by atoms with Crippen molar-refractivity contribution in [3.05, 3.63) is 48.0 Å². The number of aromatic nitrogens is 2. The first kappa shape index (κ1) is 17.4. The number of nitrogens with zero attached hydrogens (tertiary/aromatic N) is 2. The second kappa shape index (κ2) is 8.08. The summed E-state index contributed by atoms with van der Waals surface area (Å²) in [6.07, 6.45) is 3.18. The first-order valence-corrected chi connectivity index (χ1v) is 7.76. The fourth-order valence-corrected chi connectivity index (χ4v) is 2.16. The minimum absolute atomic E-state index is 0.148. The summed E-state index contributed by atoms with van der Waals surface area (Å²) in [6.45, 7) is 6.69. The Balaban J connectivity index is 1.72. The molecule has 2 rings (SSSR count). The van der Waals surface area contributed by atoms with E-state index in [4.69, 9.17) is 4.74 Å². The molecule has 0 saturated carbocycles. The molecule has 0 bridgehead atoms. The molecule has 1 aromatic carbocycles. The number of benzene rings is 1. The summed E-state index contributed by atoms with van der Waals surface area (Å²) < 4.78 is 20.1. The lowest BCUT2D eigenvalue weighted by Crippen LogP contribution is -2.40. The van der Waals surface area contributed by atoms with Crippen LogP contribution in [0.4, 0.5) is 4.39 Å². The van der Waals surface area contributed by atoms with E-state index in [9.17, 15) is 9.50 Å². The van der Waals surface area contributed by atoms with Crippen molar-refractivity contribution in [2.24, 2.45) is 0 Å². The molecule has 0 unspecified atom stereocenters. The van der Waals surface area contributed by atoms with E-state index in [1.54, 1.807) is 12.1 Å². The predicted octanol–water partition coefficient (Wildman–Crippen LogP) is 2.31. The minimum atomic E-state index is -0.644. The van der Waals surface area contributed by atoms with E-state index in [1.165, 1.54) is 12.1 Å². The highest BCUT2D eigenvalue weighted by Gasteiger charge is 2.16. The van der Waals surface area contributed by atoms with E-state index in [1.807, 2.05) is 24.0 Å². The largest absolute Gasteiger partial charge is 0.491 e. The molecule has 5 nitrogen and oxygen atoms in total. The van der Waals surface area contributed by atoms with Crippen LogP contribution in [-0.4, -0.2) is 40.2 Å². The molecular weight excluding hydrogens is 297 g/mol.